The largest absolute Gasteiger partial charge is 0.511 e. The lowest BCUT2D eigenvalue weighted by Crippen LogP contribution is -2.20. The summed E-state index contributed by atoms with van der Waals surface area (Å²) >= 11 is 0. The number of nitrogens with zero attached hydrogens (tertiary/aromatic N) is 1. The van der Waals surface area contributed by atoms with Crippen molar-refractivity contribution in [1.82, 2.24) is 0 Å². The molecule has 1 N–H and O–H groups in total. The van der Waals surface area contributed by atoms with Crippen molar-refractivity contribution in [2.75, 3.05) is 7.11 Å². The number of nitro benzene ring substituents is 1. The molecule has 20 heavy (non-hydrogen) atoms. The number of benzene rings is 1. The van der Waals surface area contributed by atoms with Crippen molar-refractivity contribution in [2.45, 2.75) is 32.6 Å². The van der Waals surface area contributed by atoms with Crippen molar-refractivity contribution in [3.8, 4) is 11.5 Å². The molecule has 0 bridgehead atoms. The van der Waals surface area contributed by atoms with E-state index in [1.807, 2.05) is 20.8 Å². The summed E-state index contributed by atoms with van der Waals surface area (Å²) in [5.74, 6) is 0.0763. The zero-order valence-corrected chi connectivity index (χ0v) is 11.8. The highest BCUT2D eigenvalue weighted by atomic mass is 16.7. The fraction of sp³-hybridized carbons (Fsp3) is 0.462. The number of carboxylic acid groups (broad SMARTS) is 1. The Morgan fingerprint density at radius 1 is 1.45 bits per heavy atom. The molecule has 0 fully saturated rings. The van der Waals surface area contributed by atoms with Crippen molar-refractivity contribution in [3.05, 3.63) is 27.8 Å². The van der Waals surface area contributed by atoms with Crippen LogP contribution in [0.25, 0.3) is 0 Å². The van der Waals surface area contributed by atoms with E-state index in [0.717, 1.165) is 0 Å². The van der Waals surface area contributed by atoms with Gasteiger partial charge in [0.15, 0.2) is 0 Å². The molecular weight excluding hydrogens is 266 g/mol. The van der Waals surface area contributed by atoms with Crippen LogP contribution in [0.15, 0.2) is 12.1 Å². The Morgan fingerprint density at radius 3 is 2.45 bits per heavy atom. The van der Waals surface area contributed by atoms with Crippen LogP contribution in [-0.2, 0) is 5.41 Å². The van der Waals surface area contributed by atoms with E-state index in [9.17, 15) is 14.9 Å². The van der Waals surface area contributed by atoms with Crippen LogP contribution in [0.5, 0.6) is 11.5 Å². The lowest BCUT2D eigenvalue weighted by atomic mass is 9.80. The van der Waals surface area contributed by atoms with Gasteiger partial charge in [-0.15, -0.1) is 0 Å². The van der Waals surface area contributed by atoms with Crippen LogP contribution in [0.1, 0.15) is 32.8 Å². The second-order valence-corrected chi connectivity index (χ2v) is 4.85. The molecule has 0 aliphatic carbocycles. The zero-order valence-electron chi connectivity index (χ0n) is 11.8. The van der Waals surface area contributed by atoms with Crippen LogP contribution >= 0.6 is 0 Å². The predicted octanol–water partition coefficient (Wildman–Crippen LogP) is 3.35. The monoisotopic (exact) mass is 283 g/mol. The van der Waals surface area contributed by atoms with Crippen LogP contribution in [0.4, 0.5) is 10.5 Å². The first-order chi connectivity index (χ1) is 9.24. The molecule has 0 heterocycles. The SMILES string of the molecule is CCC(C)(C)c1c(OC(=O)O)ccc([N+](=O)[O-])c1OC. The van der Waals surface area contributed by atoms with Gasteiger partial charge >= 0.3 is 11.8 Å². The molecule has 7 nitrogen and oxygen atoms in total. The van der Waals surface area contributed by atoms with Crippen LogP contribution in [-0.4, -0.2) is 23.3 Å². The first-order valence-corrected chi connectivity index (χ1v) is 6.01. The van der Waals surface area contributed by atoms with Gasteiger partial charge in [-0.3, -0.25) is 10.1 Å². The molecule has 0 aliphatic rings. The van der Waals surface area contributed by atoms with E-state index in [2.05, 4.69) is 0 Å². The molecule has 0 amide bonds. The topological polar surface area (TPSA) is 98.9 Å². The summed E-state index contributed by atoms with van der Waals surface area (Å²) < 4.78 is 9.86. The minimum absolute atomic E-state index is 0.0283. The second kappa shape index (κ2) is 5.77. The number of carbonyl (C=O) groups is 1. The van der Waals surface area contributed by atoms with Crippen LogP contribution in [0, 0.1) is 10.1 Å². The van der Waals surface area contributed by atoms with Gasteiger partial charge in [0.1, 0.15) is 5.75 Å². The third-order valence-corrected chi connectivity index (χ3v) is 3.26. The molecule has 0 saturated carbocycles. The fourth-order valence-corrected chi connectivity index (χ4v) is 1.90. The smallest absolute Gasteiger partial charge is 0.490 e. The molecule has 110 valence electrons. The quantitative estimate of drug-likeness (QED) is 0.385. The summed E-state index contributed by atoms with van der Waals surface area (Å²) in [7, 11) is 1.31. The predicted molar refractivity (Wildman–Crippen MR) is 71.6 cm³/mol. The van der Waals surface area contributed by atoms with E-state index < -0.39 is 16.5 Å². The van der Waals surface area contributed by atoms with Gasteiger partial charge in [0.2, 0.25) is 5.75 Å². The van der Waals surface area contributed by atoms with Gasteiger partial charge < -0.3 is 14.6 Å². The van der Waals surface area contributed by atoms with Crippen LogP contribution < -0.4 is 9.47 Å². The van der Waals surface area contributed by atoms with Crippen LogP contribution in [0.2, 0.25) is 0 Å². The van der Waals surface area contributed by atoms with Gasteiger partial charge in [-0.2, -0.15) is 0 Å². The molecule has 0 unspecified atom stereocenters. The first-order valence-electron chi connectivity index (χ1n) is 6.01. The average molecular weight is 283 g/mol. The number of hydrogen-bond donors (Lipinski definition) is 1. The van der Waals surface area contributed by atoms with Crippen molar-refractivity contribution in [2.24, 2.45) is 0 Å². The van der Waals surface area contributed by atoms with Crippen LogP contribution in [0.3, 0.4) is 0 Å². The van der Waals surface area contributed by atoms with Gasteiger partial charge in [0, 0.05) is 11.6 Å². The first kappa shape index (κ1) is 15.7. The van der Waals surface area contributed by atoms with Gasteiger partial charge in [-0.1, -0.05) is 20.8 Å². The number of nitro groups is 1. The maximum Gasteiger partial charge on any atom is 0.511 e. The Bertz CT molecular complexity index is 538. The molecule has 0 spiro atoms. The zero-order chi connectivity index (χ0) is 15.5. The van der Waals surface area contributed by atoms with E-state index in [1.165, 1.54) is 19.2 Å². The van der Waals surface area contributed by atoms with Crippen molar-refractivity contribution in [1.29, 1.82) is 0 Å². The lowest BCUT2D eigenvalue weighted by molar-refractivity contribution is -0.385. The molecule has 0 atom stereocenters. The van der Waals surface area contributed by atoms with Crippen molar-refractivity contribution >= 4 is 11.8 Å². The van der Waals surface area contributed by atoms with Gasteiger partial charge in [0.05, 0.1) is 12.0 Å². The molecular formula is C13H17NO6. The highest BCUT2D eigenvalue weighted by Gasteiger charge is 2.33. The molecule has 0 saturated heterocycles. The molecule has 1 aromatic carbocycles. The Balaban J connectivity index is 3.64. The average Bonchev–Trinajstić information content (AvgIpc) is 2.36. The molecule has 1 rings (SSSR count). The minimum Gasteiger partial charge on any atom is -0.490 e. The standard InChI is InChI=1S/C13H17NO6/c1-5-13(2,3)10-9(20-12(15)16)7-6-8(14(17)18)11(10)19-4/h6-7H,5H2,1-4H3,(H,15,16). The molecule has 1 aromatic rings. The third kappa shape index (κ3) is 2.98. The summed E-state index contributed by atoms with van der Waals surface area (Å²) in [6, 6.07) is 2.45. The summed E-state index contributed by atoms with van der Waals surface area (Å²) in [6.45, 7) is 5.56. The summed E-state index contributed by atoms with van der Waals surface area (Å²) in [6.07, 6.45) is -0.852. The Kier molecular flexibility index (Phi) is 4.54. The summed E-state index contributed by atoms with van der Waals surface area (Å²) in [4.78, 5) is 21.2. The lowest BCUT2D eigenvalue weighted by Gasteiger charge is -2.27. The molecule has 0 aromatic heterocycles. The number of methoxy groups -OCH3 is 1. The number of ether oxygens (including phenoxy) is 2. The van der Waals surface area contributed by atoms with E-state index >= 15 is 0 Å². The fourth-order valence-electron chi connectivity index (χ4n) is 1.90. The van der Waals surface area contributed by atoms with E-state index in [-0.39, 0.29) is 17.2 Å². The second-order valence-electron chi connectivity index (χ2n) is 4.85. The Hall–Kier alpha value is -2.31. The third-order valence-electron chi connectivity index (χ3n) is 3.26. The number of rotatable bonds is 5. The summed E-state index contributed by atoms with van der Waals surface area (Å²) in [5.41, 5.74) is -0.386. The van der Waals surface area contributed by atoms with Gasteiger partial charge in [-0.05, 0) is 17.9 Å². The normalized spacial score (nSPS) is 11.0. The molecule has 0 aliphatic heterocycles. The maximum atomic E-state index is 11.1. The number of hydrogen-bond acceptors (Lipinski definition) is 5. The van der Waals surface area contributed by atoms with E-state index in [0.29, 0.717) is 12.0 Å². The van der Waals surface area contributed by atoms with Gasteiger partial charge in [0.25, 0.3) is 0 Å². The highest BCUT2D eigenvalue weighted by Crippen LogP contribution is 2.45. The Labute approximate surface area is 116 Å². The van der Waals surface area contributed by atoms with Crippen molar-refractivity contribution in [3.63, 3.8) is 0 Å². The highest BCUT2D eigenvalue weighted by molar-refractivity contribution is 5.67. The molecule has 0 radical (unpaired) electrons. The molecule has 7 heteroatoms. The van der Waals surface area contributed by atoms with E-state index in [1.54, 1.807) is 0 Å². The Morgan fingerprint density at radius 2 is 2.05 bits per heavy atom. The maximum absolute atomic E-state index is 11.1. The summed E-state index contributed by atoms with van der Waals surface area (Å²) in [5, 5.41) is 19.8. The van der Waals surface area contributed by atoms with Crippen molar-refractivity contribution < 1.29 is 24.3 Å². The minimum atomic E-state index is -1.48. The van der Waals surface area contributed by atoms with E-state index in [4.69, 9.17) is 14.6 Å². The van der Waals surface area contributed by atoms with Gasteiger partial charge in [-0.25, -0.2) is 4.79 Å².